The molecule has 4 nitrogen and oxygen atoms in total. The molecule has 0 saturated heterocycles. The van der Waals surface area contributed by atoms with Gasteiger partial charge in [-0.1, -0.05) is 12.1 Å². The Hall–Kier alpha value is -1.71. The van der Waals surface area contributed by atoms with Gasteiger partial charge in [-0.3, -0.25) is 4.79 Å². The molecule has 0 radical (unpaired) electrons. The van der Waals surface area contributed by atoms with Crippen molar-refractivity contribution in [2.45, 2.75) is 32.2 Å². The predicted molar refractivity (Wildman–Crippen MR) is 71.3 cm³/mol. The van der Waals surface area contributed by atoms with Gasteiger partial charge in [0.2, 0.25) is 0 Å². The summed E-state index contributed by atoms with van der Waals surface area (Å²) in [6, 6.07) is 7.17. The normalized spacial score (nSPS) is 15.2. The van der Waals surface area contributed by atoms with Crippen LogP contribution in [0.1, 0.15) is 26.7 Å². The van der Waals surface area contributed by atoms with Gasteiger partial charge in [-0.2, -0.15) is 0 Å². The van der Waals surface area contributed by atoms with Crippen LogP contribution < -0.4 is 15.8 Å². The van der Waals surface area contributed by atoms with Crippen LogP contribution in [-0.2, 0) is 4.79 Å². The van der Waals surface area contributed by atoms with Gasteiger partial charge in [-0.05, 0) is 44.7 Å². The molecule has 18 heavy (non-hydrogen) atoms. The molecule has 1 saturated carbocycles. The van der Waals surface area contributed by atoms with Gasteiger partial charge in [-0.15, -0.1) is 0 Å². The van der Waals surface area contributed by atoms with Crippen molar-refractivity contribution in [2.75, 3.05) is 12.3 Å². The van der Waals surface area contributed by atoms with E-state index in [1.165, 1.54) is 12.8 Å². The van der Waals surface area contributed by atoms with E-state index in [9.17, 15) is 4.79 Å². The first kappa shape index (κ1) is 12.7. The number of rotatable bonds is 5. The first-order chi connectivity index (χ1) is 8.49. The SMILES string of the molecule is CC(C)(NC(=O)COc1ccccc1N)C1CC1. The van der Waals surface area contributed by atoms with E-state index in [0.717, 1.165) is 0 Å². The maximum Gasteiger partial charge on any atom is 0.258 e. The number of hydrogen-bond acceptors (Lipinski definition) is 3. The van der Waals surface area contributed by atoms with Crippen molar-refractivity contribution >= 4 is 11.6 Å². The van der Waals surface area contributed by atoms with Crippen LogP contribution in [0, 0.1) is 5.92 Å². The topological polar surface area (TPSA) is 64.3 Å². The molecule has 0 unspecified atom stereocenters. The summed E-state index contributed by atoms with van der Waals surface area (Å²) in [5, 5.41) is 3.00. The molecule has 1 aromatic rings. The molecule has 1 amide bonds. The van der Waals surface area contributed by atoms with Crippen LogP contribution in [-0.4, -0.2) is 18.1 Å². The first-order valence-corrected chi connectivity index (χ1v) is 6.27. The van der Waals surface area contributed by atoms with Crippen molar-refractivity contribution in [3.63, 3.8) is 0 Å². The Balaban J connectivity index is 1.83. The van der Waals surface area contributed by atoms with Gasteiger partial charge in [0.15, 0.2) is 6.61 Å². The van der Waals surface area contributed by atoms with Gasteiger partial charge in [0.1, 0.15) is 5.75 Å². The number of carbonyl (C=O) groups is 1. The van der Waals surface area contributed by atoms with Gasteiger partial charge >= 0.3 is 0 Å². The van der Waals surface area contributed by atoms with Crippen molar-refractivity contribution in [1.82, 2.24) is 5.32 Å². The fraction of sp³-hybridized carbons (Fsp3) is 0.500. The Kier molecular flexibility index (Phi) is 3.45. The number of nitrogen functional groups attached to an aromatic ring is 1. The van der Waals surface area contributed by atoms with Crippen LogP contribution in [0.5, 0.6) is 5.75 Å². The molecule has 1 aliphatic carbocycles. The van der Waals surface area contributed by atoms with Gasteiger partial charge in [-0.25, -0.2) is 0 Å². The second-order valence-electron chi connectivity index (χ2n) is 5.37. The Morgan fingerprint density at radius 1 is 1.44 bits per heavy atom. The molecule has 2 rings (SSSR count). The lowest BCUT2D eigenvalue weighted by molar-refractivity contribution is -0.124. The molecule has 1 aromatic carbocycles. The quantitative estimate of drug-likeness (QED) is 0.783. The number of para-hydroxylation sites is 2. The lowest BCUT2D eigenvalue weighted by Crippen LogP contribution is -2.47. The maximum absolute atomic E-state index is 11.8. The lowest BCUT2D eigenvalue weighted by atomic mass is 9.99. The molecule has 3 N–H and O–H groups in total. The highest BCUT2D eigenvalue weighted by Crippen LogP contribution is 2.39. The van der Waals surface area contributed by atoms with Crippen molar-refractivity contribution < 1.29 is 9.53 Å². The molecular weight excluding hydrogens is 228 g/mol. The van der Waals surface area contributed by atoms with E-state index in [1.54, 1.807) is 12.1 Å². The molecule has 0 atom stereocenters. The number of hydrogen-bond donors (Lipinski definition) is 2. The molecule has 98 valence electrons. The Labute approximate surface area is 108 Å². The molecule has 0 aliphatic heterocycles. The summed E-state index contributed by atoms with van der Waals surface area (Å²) in [5.41, 5.74) is 6.15. The van der Waals surface area contributed by atoms with Crippen molar-refractivity contribution in [3.05, 3.63) is 24.3 Å². The number of anilines is 1. The zero-order chi connectivity index (χ0) is 13.2. The molecule has 0 bridgehead atoms. The number of ether oxygens (including phenoxy) is 1. The van der Waals surface area contributed by atoms with E-state index < -0.39 is 0 Å². The largest absolute Gasteiger partial charge is 0.482 e. The fourth-order valence-electron chi connectivity index (χ4n) is 2.06. The van der Waals surface area contributed by atoms with E-state index in [0.29, 0.717) is 17.4 Å². The van der Waals surface area contributed by atoms with Gasteiger partial charge < -0.3 is 15.8 Å². The fourth-order valence-corrected chi connectivity index (χ4v) is 2.06. The van der Waals surface area contributed by atoms with E-state index in [-0.39, 0.29) is 18.1 Å². The Morgan fingerprint density at radius 3 is 2.72 bits per heavy atom. The highest BCUT2D eigenvalue weighted by Gasteiger charge is 2.38. The second-order valence-corrected chi connectivity index (χ2v) is 5.37. The summed E-state index contributed by atoms with van der Waals surface area (Å²) in [5.74, 6) is 1.05. The summed E-state index contributed by atoms with van der Waals surface area (Å²) in [4.78, 5) is 11.8. The predicted octanol–water partition coefficient (Wildman–Crippen LogP) is 1.95. The Bertz CT molecular complexity index is 439. The first-order valence-electron chi connectivity index (χ1n) is 6.27. The minimum atomic E-state index is -0.136. The molecule has 0 heterocycles. The Morgan fingerprint density at radius 2 is 2.11 bits per heavy atom. The number of nitrogens with one attached hydrogen (secondary N) is 1. The minimum Gasteiger partial charge on any atom is -0.482 e. The monoisotopic (exact) mass is 248 g/mol. The third-order valence-electron chi connectivity index (χ3n) is 3.34. The van der Waals surface area contributed by atoms with Crippen molar-refractivity contribution in [3.8, 4) is 5.75 Å². The van der Waals surface area contributed by atoms with Gasteiger partial charge in [0.05, 0.1) is 5.69 Å². The van der Waals surface area contributed by atoms with Crippen LogP contribution in [0.25, 0.3) is 0 Å². The second kappa shape index (κ2) is 4.88. The van der Waals surface area contributed by atoms with Gasteiger partial charge in [0.25, 0.3) is 5.91 Å². The zero-order valence-corrected chi connectivity index (χ0v) is 10.9. The average molecular weight is 248 g/mol. The summed E-state index contributed by atoms with van der Waals surface area (Å²) < 4.78 is 5.41. The highest BCUT2D eigenvalue weighted by molar-refractivity contribution is 5.78. The van der Waals surface area contributed by atoms with Crippen LogP contribution in [0.4, 0.5) is 5.69 Å². The van der Waals surface area contributed by atoms with Crippen LogP contribution >= 0.6 is 0 Å². The van der Waals surface area contributed by atoms with Crippen molar-refractivity contribution in [1.29, 1.82) is 0 Å². The molecule has 0 aromatic heterocycles. The van der Waals surface area contributed by atoms with E-state index in [1.807, 2.05) is 12.1 Å². The summed E-state index contributed by atoms with van der Waals surface area (Å²) in [6.45, 7) is 4.11. The molecule has 4 heteroatoms. The molecular formula is C14H20N2O2. The number of nitrogens with two attached hydrogens (primary N) is 1. The number of amides is 1. The van der Waals surface area contributed by atoms with Gasteiger partial charge in [0, 0.05) is 5.54 Å². The van der Waals surface area contributed by atoms with Crippen LogP contribution in [0.3, 0.4) is 0 Å². The van der Waals surface area contributed by atoms with E-state index >= 15 is 0 Å². The summed E-state index contributed by atoms with van der Waals surface area (Å²) in [7, 11) is 0. The maximum atomic E-state index is 11.8. The van der Waals surface area contributed by atoms with Crippen LogP contribution in [0.2, 0.25) is 0 Å². The third-order valence-corrected chi connectivity index (χ3v) is 3.34. The zero-order valence-electron chi connectivity index (χ0n) is 10.9. The van der Waals surface area contributed by atoms with Crippen LogP contribution in [0.15, 0.2) is 24.3 Å². The minimum absolute atomic E-state index is 0.00433. The number of carbonyl (C=O) groups excluding carboxylic acids is 1. The lowest BCUT2D eigenvalue weighted by Gasteiger charge is -2.26. The summed E-state index contributed by atoms with van der Waals surface area (Å²) >= 11 is 0. The number of benzene rings is 1. The van der Waals surface area contributed by atoms with Crippen molar-refractivity contribution in [2.24, 2.45) is 5.92 Å². The average Bonchev–Trinajstić information content (AvgIpc) is 3.11. The molecule has 0 spiro atoms. The van der Waals surface area contributed by atoms with E-state index in [2.05, 4.69) is 19.2 Å². The standard InChI is InChI=1S/C14H20N2O2/c1-14(2,10-7-8-10)16-13(17)9-18-12-6-4-3-5-11(12)15/h3-6,10H,7-9,15H2,1-2H3,(H,16,17). The third kappa shape index (κ3) is 3.15. The smallest absolute Gasteiger partial charge is 0.258 e. The molecule has 1 aliphatic rings. The van der Waals surface area contributed by atoms with E-state index in [4.69, 9.17) is 10.5 Å². The highest BCUT2D eigenvalue weighted by atomic mass is 16.5. The summed E-state index contributed by atoms with van der Waals surface area (Å²) in [6.07, 6.45) is 2.39. The molecule has 1 fully saturated rings.